The highest BCUT2D eigenvalue weighted by atomic mass is 32.2. The van der Waals surface area contributed by atoms with Crippen LogP contribution in [-0.4, -0.2) is 17.5 Å². The third kappa shape index (κ3) is 10.2. The van der Waals surface area contributed by atoms with Crippen LogP contribution in [0.3, 0.4) is 0 Å². The molecule has 0 aromatic rings. The van der Waals surface area contributed by atoms with E-state index in [1.54, 1.807) is 0 Å². The second-order valence-electron chi connectivity index (χ2n) is 11.1. The highest BCUT2D eigenvalue weighted by Crippen LogP contribution is 2.34. The summed E-state index contributed by atoms with van der Waals surface area (Å²) in [5.74, 6) is 2.38. The fourth-order valence-corrected chi connectivity index (χ4v) is 5.62. The van der Waals surface area contributed by atoms with E-state index in [0.29, 0.717) is 29.0 Å². The van der Waals surface area contributed by atoms with Crippen LogP contribution in [0.25, 0.3) is 0 Å². The van der Waals surface area contributed by atoms with E-state index in [9.17, 15) is 0 Å². The first kappa shape index (κ1) is 30.8. The van der Waals surface area contributed by atoms with E-state index < -0.39 is 0 Å². The monoisotopic (exact) mass is 486 g/mol. The lowest BCUT2D eigenvalue weighted by atomic mass is 9.74. The lowest BCUT2D eigenvalue weighted by Crippen LogP contribution is -2.43. The molecule has 2 N–H and O–H groups in total. The molecule has 0 saturated heterocycles. The molecule has 0 spiro atoms. The van der Waals surface area contributed by atoms with Crippen LogP contribution in [-0.2, 0) is 0 Å². The van der Waals surface area contributed by atoms with Gasteiger partial charge in [0.25, 0.3) is 0 Å². The van der Waals surface area contributed by atoms with Crippen LogP contribution in [0.2, 0.25) is 0 Å². The third-order valence-electron chi connectivity index (χ3n) is 7.89. The van der Waals surface area contributed by atoms with Crippen molar-refractivity contribution < 1.29 is 0 Å². The van der Waals surface area contributed by atoms with Gasteiger partial charge in [0.2, 0.25) is 0 Å². The summed E-state index contributed by atoms with van der Waals surface area (Å²) in [6.07, 6.45) is 12.7. The average molecular weight is 487 g/mol. The predicted octanol–water partition coefficient (Wildman–Crippen LogP) is 9.01. The molecule has 1 aliphatic rings. The standard InChI is InChI=1S/C31H54N2S/c1-12-15-29(24(5)20-30-21-34-28(9)33-30)19-18-22(3)16-14-17-23(4)25(6)26(7)27(8)31(10,11)32-13-2/h12,18,20-21,23,25-26,28-29,32-33H,1,8,13-17,19H2,2-7,9-11H3/b22-18-,24-20+. The highest BCUT2D eigenvalue weighted by Gasteiger charge is 2.29. The number of nitrogens with one attached hydrogen (secondary N) is 2. The zero-order valence-corrected chi connectivity index (χ0v) is 24.6. The molecule has 5 atom stereocenters. The first-order valence-electron chi connectivity index (χ1n) is 13.4. The Labute approximate surface area is 216 Å². The maximum atomic E-state index is 4.47. The SMILES string of the molecule is C=CCC(C/C=C(/C)CCCC(C)C(C)C(C)C(=C)C(C)(C)NCC)/C(C)=C/C1=CSC(C)N1. The molecule has 0 aromatic heterocycles. The van der Waals surface area contributed by atoms with E-state index in [1.807, 2.05) is 11.8 Å². The van der Waals surface area contributed by atoms with Crippen molar-refractivity contribution in [2.24, 2.45) is 23.7 Å². The van der Waals surface area contributed by atoms with Gasteiger partial charge < -0.3 is 10.6 Å². The molecule has 0 amide bonds. The van der Waals surface area contributed by atoms with E-state index in [0.717, 1.165) is 19.4 Å². The van der Waals surface area contributed by atoms with Gasteiger partial charge in [0, 0.05) is 11.2 Å². The largest absolute Gasteiger partial charge is 0.373 e. The Hall–Kier alpha value is -1.19. The molecule has 1 aliphatic heterocycles. The van der Waals surface area contributed by atoms with E-state index in [4.69, 9.17) is 0 Å². The van der Waals surface area contributed by atoms with Crippen molar-refractivity contribution >= 4 is 11.8 Å². The molecule has 0 aromatic carbocycles. The van der Waals surface area contributed by atoms with Gasteiger partial charge in [-0.25, -0.2) is 0 Å². The first-order chi connectivity index (χ1) is 15.9. The van der Waals surface area contributed by atoms with Crippen molar-refractivity contribution in [2.45, 2.75) is 105 Å². The van der Waals surface area contributed by atoms with Crippen molar-refractivity contribution in [1.82, 2.24) is 10.6 Å². The molecular weight excluding hydrogens is 432 g/mol. The summed E-state index contributed by atoms with van der Waals surface area (Å²) in [5.41, 5.74) is 5.54. The number of allylic oxidation sites excluding steroid dienone is 5. The molecule has 5 unspecified atom stereocenters. The van der Waals surface area contributed by atoms with Gasteiger partial charge in [-0.2, -0.15) is 0 Å². The minimum Gasteiger partial charge on any atom is -0.373 e. The van der Waals surface area contributed by atoms with Gasteiger partial charge >= 0.3 is 0 Å². The van der Waals surface area contributed by atoms with Gasteiger partial charge in [0.1, 0.15) is 0 Å². The Kier molecular flexibility index (Phi) is 13.6. The molecule has 2 nitrogen and oxygen atoms in total. The second kappa shape index (κ2) is 15.0. The van der Waals surface area contributed by atoms with Crippen LogP contribution in [0.1, 0.15) is 94.4 Å². The van der Waals surface area contributed by atoms with Crippen LogP contribution >= 0.6 is 11.8 Å². The van der Waals surface area contributed by atoms with Crippen molar-refractivity contribution in [1.29, 1.82) is 0 Å². The molecule has 3 heteroatoms. The molecule has 0 fully saturated rings. The van der Waals surface area contributed by atoms with Gasteiger partial charge in [0.15, 0.2) is 0 Å². The van der Waals surface area contributed by atoms with Gasteiger partial charge in [-0.3, -0.25) is 0 Å². The van der Waals surface area contributed by atoms with E-state index in [2.05, 4.69) is 110 Å². The van der Waals surface area contributed by atoms with E-state index in [-0.39, 0.29) is 5.54 Å². The Balaban J connectivity index is 2.56. The van der Waals surface area contributed by atoms with Crippen LogP contribution in [0.4, 0.5) is 0 Å². The summed E-state index contributed by atoms with van der Waals surface area (Å²) in [6.45, 7) is 30.1. The zero-order valence-electron chi connectivity index (χ0n) is 23.8. The number of likely N-dealkylation sites (N-methyl/N-ethyl adjacent to an activating group) is 1. The molecule has 0 saturated carbocycles. The van der Waals surface area contributed by atoms with Crippen LogP contribution in [0, 0.1) is 23.7 Å². The van der Waals surface area contributed by atoms with Crippen molar-refractivity contribution in [3.05, 3.63) is 59.2 Å². The fourth-order valence-electron chi connectivity index (χ4n) is 4.93. The molecule has 34 heavy (non-hydrogen) atoms. The van der Waals surface area contributed by atoms with Gasteiger partial charge in [-0.05, 0) is 102 Å². The number of thioether (sulfide) groups is 1. The molecule has 0 aliphatic carbocycles. The van der Waals surface area contributed by atoms with Gasteiger partial charge in [-0.1, -0.05) is 69.6 Å². The molecule has 0 radical (unpaired) electrons. The highest BCUT2D eigenvalue weighted by molar-refractivity contribution is 8.02. The Morgan fingerprint density at radius 1 is 1.24 bits per heavy atom. The number of rotatable bonds is 16. The molecule has 1 rings (SSSR count). The summed E-state index contributed by atoms with van der Waals surface area (Å²) >= 11 is 1.85. The Morgan fingerprint density at radius 3 is 2.47 bits per heavy atom. The van der Waals surface area contributed by atoms with Crippen LogP contribution in [0.5, 0.6) is 0 Å². The lowest BCUT2D eigenvalue weighted by molar-refractivity contribution is 0.265. The van der Waals surface area contributed by atoms with E-state index in [1.165, 1.54) is 41.7 Å². The number of hydrogen-bond donors (Lipinski definition) is 2. The van der Waals surface area contributed by atoms with Crippen LogP contribution < -0.4 is 10.6 Å². The summed E-state index contributed by atoms with van der Waals surface area (Å²) in [7, 11) is 0. The normalized spacial score (nSPS) is 20.9. The quantitative estimate of drug-likeness (QED) is 0.213. The molecule has 194 valence electrons. The second-order valence-corrected chi connectivity index (χ2v) is 12.3. The predicted molar refractivity (Wildman–Crippen MR) is 157 cm³/mol. The molecule has 1 heterocycles. The summed E-state index contributed by atoms with van der Waals surface area (Å²) < 4.78 is 0. The van der Waals surface area contributed by atoms with E-state index >= 15 is 0 Å². The fraction of sp³-hybridized carbons (Fsp3) is 0.677. The maximum absolute atomic E-state index is 4.47. The van der Waals surface area contributed by atoms with Crippen LogP contribution in [0.15, 0.2) is 59.2 Å². The zero-order chi connectivity index (χ0) is 25.9. The summed E-state index contributed by atoms with van der Waals surface area (Å²) in [6, 6.07) is 0. The first-order valence-corrected chi connectivity index (χ1v) is 14.4. The minimum atomic E-state index is -0.00250. The summed E-state index contributed by atoms with van der Waals surface area (Å²) in [5, 5.41) is 9.82. The topological polar surface area (TPSA) is 24.1 Å². The Bertz CT molecular complexity index is 743. The van der Waals surface area contributed by atoms with Crippen molar-refractivity contribution in [3.8, 4) is 0 Å². The average Bonchev–Trinajstić information content (AvgIpc) is 3.19. The van der Waals surface area contributed by atoms with Gasteiger partial charge in [0.05, 0.1) is 5.37 Å². The minimum absolute atomic E-state index is 0.00250. The maximum Gasteiger partial charge on any atom is 0.0735 e. The summed E-state index contributed by atoms with van der Waals surface area (Å²) in [4.78, 5) is 0. The van der Waals surface area contributed by atoms with Gasteiger partial charge in [-0.15, -0.1) is 18.3 Å². The van der Waals surface area contributed by atoms with Crippen molar-refractivity contribution in [3.63, 3.8) is 0 Å². The molecular formula is C31H54N2S. The lowest BCUT2D eigenvalue weighted by Gasteiger charge is -2.36. The number of hydrogen-bond acceptors (Lipinski definition) is 3. The van der Waals surface area contributed by atoms with Crippen molar-refractivity contribution in [2.75, 3.05) is 6.54 Å². The third-order valence-corrected chi connectivity index (χ3v) is 8.80. The smallest absolute Gasteiger partial charge is 0.0735 e. The Morgan fingerprint density at radius 2 is 1.91 bits per heavy atom. The molecule has 0 bridgehead atoms.